The molecule has 0 atom stereocenters. The van der Waals surface area contributed by atoms with E-state index in [1.165, 1.54) is 66.4 Å². The fourth-order valence-electron chi connectivity index (χ4n) is 7.91. The van der Waals surface area contributed by atoms with E-state index < -0.39 is 0 Å². The number of anilines is 3. The van der Waals surface area contributed by atoms with Gasteiger partial charge in [-0.05, 0) is 91.2 Å². The van der Waals surface area contributed by atoms with Crippen LogP contribution in [0.3, 0.4) is 0 Å². The van der Waals surface area contributed by atoms with E-state index in [0.29, 0.717) is 0 Å². The van der Waals surface area contributed by atoms with Gasteiger partial charge in [-0.3, -0.25) is 0 Å². The van der Waals surface area contributed by atoms with Crippen LogP contribution in [-0.2, 0) is 5.41 Å². The lowest BCUT2D eigenvalue weighted by atomic mass is 9.82. The van der Waals surface area contributed by atoms with Crippen LogP contribution in [0.25, 0.3) is 55.3 Å². The third kappa shape index (κ3) is 5.02. The van der Waals surface area contributed by atoms with E-state index in [9.17, 15) is 0 Å². The molecule has 0 fully saturated rings. The summed E-state index contributed by atoms with van der Waals surface area (Å²) in [5.74, 6) is 0. The Bertz CT molecular complexity index is 2490. The van der Waals surface area contributed by atoms with Crippen molar-refractivity contribution in [1.82, 2.24) is 0 Å². The Balaban J connectivity index is 1.18. The van der Waals surface area contributed by atoms with E-state index in [2.05, 4.69) is 207 Å². The second kappa shape index (κ2) is 12.1. The highest BCUT2D eigenvalue weighted by Gasteiger charge is 2.37. The number of nitrogens with zero attached hydrogens (tertiary/aromatic N) is 1. The van der Waals surface area contributed by atoms with Crippen LogP contribution in [0.1, 0.15) is 25.0 Å². The fourth-order valence-corrected chi connectivity index (χ4v) is 7.91. The summed E-state index contributed by atoms with van der Waals surface area (Å²) >= 11 is 0. The average Bonchev–Trinajstić information content (AvgIpc) is 3.42. The molecule has 8 aromatic rings. The van der Waals surface area contributed by atoms with Crippen molar-refractivity contribution in [1.29, 1.82) is 0 Å². The molecule has 0 spiro atoms. The van der Waals surface area contributed by atoms with Crippen LogP contribution in [0, 0.1) is 0 Å². The van der Waals surface area contributed by atoms with Gasteiger partial charge in [-0.1, -0.05) is 172 Å². The molecule has 1 aliphatic carbocycles. The van der Waals surface area contributed by atoms with Crippen molar-refractivity contribution in [3.8, 4) is 44.5 Å². The quantitative estimate of drug-likeness (QED) is 0.175. The third-order valence-electron chi connectivity index (χ3n) is 10.5. The maximum atomic E-state index is 2.43. The second-order valence-electron chi connectivity index (χ2n) is 13.8. The molecule has 0 saturated heterocycles. The maximum absolute atomic E-state index is 2.43. The number of benzene rings is 8. The van der Waals surface area contributed by atoms with Crippen LogP contribution in [0.5, 0.6) is 0 Å². The summed E-state index contributed by atoms with van der Waals surface area (Å²) < 4.78 is 0. The summed E-state index contributed by atoms with van der Waals surface area (Å²) in [5, 5.41) is 2.46. The highest BCUT2D eigenvalue weighted by atomic mass is 15.1. The molecule has 0 N–H and O–H groups in total. The van der Waals surface area contributed by atoms with Gasteiger partial charge in [-0.2, -0.15) is 0 Å². The van der Waals surface area contributed by atoms with Crippen molar-refractivity contribution in [2.75, 3.05) is 4.90 Å². The molecule has 0 saturated carbocycles. The number of para-hydroxylation sites is 1. The van der Waals surface area contributed by atoms with Crippen molar-refractivity contribution < 1.29 is 0 Å². The lowest BCUT2D eigenvalue weighted by molar-refractivity contribution is 0.660. The average molecular weight is 640 g/mol. The third-order valence-corrected chi connectivity index (χ3v) is 10.5. The minimum Gasteiger partial charge on any atom is -0.310 e. The predicted molar refractivity (Wildman–Crippen MR) is 213 cm³/mol. The largest absolute Gasteiger partial charge is 0.310 e. The molecule has 1 aliphatic rings. The summed E-state index contributed by atoms with van der Waals surface area (Å²) in [6.45, 7) is 4.71. The monoisotopic (exact) mass is 639 g/mol. The fraction of sp³-hybridized carbons (Fsp3) is 0.0612. The molecule has 0 amide bonds. The zero-order chi connectivity index (χ0) is 33.7. The van der Waals surface area contributed by atoms with E-state index >= 15 is 0 Å². The van der Waals surface area contributed by atoms with Crippen molar-refractivity contribution >= 4 is 27.8 Å². The highest BCUT2D eigenvalue weighted by molar-refractivity contribution is 5.99. The molecule has 0 heterocycles. The van der Waals surface area contributed by atoms with Crippen molar-refractivity contribution in [3.05, 3.63) is 199 Å². The number of hydrogen-bond donors (Lipinski definition) is 0. The first-order valence-corrected chi connectivity index (χ1v) is 17.4. The van der Waals surface area contributed by atoms with E-state index in [1.807, 2.05) is 0 Å². The van der Waals surface area contributed by atoms with Gasteiger partial charge >= 0.3 is 0 Å². The lowest BCUT2D eigenvalue weighted by Crippen LogP contribution is -2.14. The molecule has 1 heteroatoms. The molecule has 0 unspecified atom stereocenters. The van der Waals surface area contributed by atoms with Crippen LogP contribution in [0.15, 0.2) is 188 Å². The topological polar surface area (TPSA) is 3.24 Å². The Morgan fingerprint density at radius 2 is 0.880 bits per heavy atom. The Hall–Kier alpha value is -6.18. The molecule has 0 aromatic heterocycles. The summed E-state index contributed by atoms with van der Waals surface area (Å²) in [7, 11) is 0. The molecule has 0 aliphatic heterocycles. The van der Waals surface area contributed by atoms with Crippen molar-refractivity contribution in [2.24, 2.45) is 0 Å². The molecule has 1 nitrogen and oxygen atoms in total. The molecule has 50 heavy (non-hydrogen) atoms. The Labute approximate surface area is 294 Å². The molecular weight excluding hydrogens is 603 g/mol. The van der Waals surface area contributed by atoms with Gasteiger partial charge in [0.05, 0.1) is 5.69 Å². The molecule has 8 aromatic carbocycles. The summed E-state index contributed by atoms with van der Waals surface area (Å²) in [6.07, 6.45) is 0. The van der Waals surface area contributed by atoms with Gasteiger partial charge in [0.25, 0.3) is 0 Å². The van der Waals surface area contributed by atoms with Gasteiger partial charge in [-0.15, -0.1) is 0 Å². The molecule has 238 valence electrons. The molecular formula is C49H37N. The minimum atomic E-state index is -0.0654. The van der Waals surface area contributed by atoms with E-state index in [1.54, 1.807) is 0 Å². The number of hydrogen-bond acceptors (Lipinski definition) is 1. The Morgan fingerprint density at radius 3 is 1.62 bits per heavy atom. The van der Waals surface area contributed by atoms with Crippen LogP contribution in [-0.4, -0.2) is 0 Å². The van der Waals surface area contributed by atoms with E-state index in [-0.39, 0.29) is 5.41 Å². The van der Waals surface area contributed by atoms with Crippen LogP contribution >= 0.6 is 0 Å². The summed E-state index contributed by atoms with van der Waals surface area (Å²) in [5.41, 5.74) is 16.1. The second-order valence-corrected chi connectivity index (χ2v) is 13.8. The first-order chi connectivity index (χ1) is 24.6. The summed E-state index contributed by atoms with van der Waals surface area (Å²) in [6, 6.07) is 68.6. The van der Waals surface area contributed by atoms with Crippen LogP contribution in [0.4, 0.5) is 17.1 Å². The minimum absolute atomic E-state index is 0.0654. The smallest absolute Gasteiger partial charge is 0.0540 e. The maximum Gasteiger partial charge on any atom is 0.0540 e. The molecule has 0 radical (unpaired) electrons. The first kappa shape index (κ1) is 29.9. The Morgan fingerprint density at radius 1 is 0.360 bits per heavy atom. The van der Waals surface area contributed by atoms with Gasteiger partial charge in [0.2, 0.25) is 0 Å². The predicted octanol–water partition coefficient (Wildman–Crippen LogP) is 13.6. The zero-order valence-electron chi connectivity index (χ0n) is 28.3. The van der Waals surface area contributed by atoms with Crippen molar-refractivity contribution in [2.45, 2.75) is 19.3 Å². The lowest BCUT2D eigenvalue weighted by Gasteiger charge is -2.29. The van der Waals surface area contributed by atoms with Crippen LogP contribution < -0.4 is 4.90 Å². The van der Waals surface area contributed by atoms with Gasteiger partial charge in [0, 0.05) is 22.4 Å². The molecule has 9 rings (SSSR count). The van der Waals surface area contributed by atoms with E-state index in [0.717, 1.165) is 17.1 Å². The van der Waals surface area contributed by atoms with Gasteiger partial charge in [0.1, 0.15) is 0 Å². The van der Waals surface area contributed by atoms with Crippen molar-refractivity contribution in [3.63, 3.8) is 0 Å². The number of fused-ring (bicyclic) bond motifs is 4. The standard InChI is InChI=1S/C49H37N/c1-49(2)45-20-10-8-18-44(45)48-43(19-12-21-46(48)49)42-17-9-11-22-47(42)50(41-32-29-35-15-6-7-16-39(35)33-41)40-30-27-38(28-31-40)37-25-23-36(24-26-37)34-13-4-3-5-14-34/h3-33H,1-2H3. The first-order valence-electron chi connectivity index (χ1n) is 17.4. The van der Waals surface area contributed by atoms with Gasteiger partial charge in [0.15, 0.2) is 0 Å². The van der Waals surface area contributed by atoms with Gasteiger partial charge < -0.3 is 4.90 Å². The van der Waals surface area contributed by atoms with Gasteiger partial charge in [-0.25, -0.2) is 0 Å². The zero-order valence-corrected chi connectivity index (χ0v) is 28.3. The Kier molecular flexibility index (Phi) is 7.21. The highest BCUT2D eigenvalue weighted by Crippen LogP contribution is 2.53. The summed E-state index contributed by atoms with van der Waals surface area (Å²) in [4.78, 5) is 2.43. The van der Waals surface area contributed by atoms with Crippen LogP contribution in [0.2, 0.25) is 0 Å². The normalized spacial score (nSPS) is 12.8. The number of rotatable bonds is 6. The molecule has 0 bridgehead atoms. The van der Waals surface area contributed by atoms with E-state index in [4.69, 9.17) is 0 Å². The SMILES string of the molecule is CC1(C)c2ccccc2-c2c(-c3ccccc3N(c3ccc(-c4ccc(-c5ccccc5)cc4)cc3)c3ccc4ccccc4c3)cccc21.